The van der Waals surface area contributed by atoms with Crippen molar-refractivity contribution in [2.24, 2.45) is 0 Å². The molecule has 140 valence electrons. The number of rotatable bonds is 8. The highest BCUT2D eigenvalue weighted by atomic mass is 32.2. The van der Waals surface area contributed by atoms with Crippen LogP contribution in [0.25, 0.3) is 0 Å². The second-order valence-corrected chi connectivity index (χ2v) is 8.19. The summed E-state index contributed by atoms with van der Waals surface area (Å²) in [7, 11) is -3.41. The molecular formula is C20H26N2O3S. The first-order valence-corrected chi connectivity index (χ1v) is 10.6. The van der Waals surface area contributed by atoms with E-state index in [9.17, 15) is 13.2 Å². The van der Waals surface area contributed by atoms with E-state index >= 15 is 0 Å². The summed E-state index contributed by atoms with van der Waals surface area (Å²) in [6, 6.07) is 15.0. The molecule has 0 aliphatic rings. The Labute approximate surface area is 156 Å². The van der Waals surface area contributed by atoms with Crippen molar-refractivity contribution in [2.75, 3.05) is 22.4 Å². The van der Waals surface area contributed by atoms with Gasteiger partial charge in [-0.3, -0.25) is 9.10 Å². The zero-order chi connectivity index (χ0) is 19.2. The van der Waals surface area contributed by atoms with Crippen LogP contribution in [-0.2, 0) is 21.2 Å². The summed E-state index contributed by atoms with van der Waals surface area (Å²) >= 11 is 0. The first-order valence-electron chi connectivity index (χ1n) is 8.74. The maximum Gasteiger partial charge on any atom is 0.232 e. The minimum Gasteiger partial charge on any atom is -0.326 e. The molecule has 0 unspecified atom stereocenters. The Bertz CT molecular complexity index is 863. The number of carbonyl (C=O) groups is 1. The van der Waals surface area contributed by atoms with Crippen molar-refractivity contribution in [1.29, 1.82) is 0 Å². The maximum absolute atomic E-state index is 12.2. The molecular weight excluding hydrogens is 348 g/mol. The van der Waals surface area contributed by atoms with Crippen LogP contribution in [0.15, 0.2) is 48.5 Å². The third-order valence-electron chi connectivity index (χ3n) is 4.22. The number of para-hydroxylation sites is 2. The van der Waals surface area contributed by atoms with E-state index in [1.54, 1.807) is 6.07 Å². The fourth-order valence-electron chi connectivity index (χ4n) is 2.85. The number of amides is 1. The molecule has 0 aliphatic carbocycles. The van der Waals surface area contributed by atoms with Gasteiger partial charge in [-0.25, -0.2) is 8.42 Å². The van der Waals surface area contributed by atoms with Crippen LogP contribution in [0.3, 0.4) is 0 Å². The third-order valence-corrected chi connectivity index (χ3v) is 5.40. The van der Waals surface area contributed by atoms with Crippen molar-refractivity contribution in [3.05, 3.63) is 59.7 Å². The molecule has 2 aromatic carbocycles. The van der Waals surface area contributed by atoms with E-state index in [-0.39, 0.29) is 18.9 Å². The molecule has 0 atom stereocenters. The van der Waals surface area contributed by atoms with Gasteiger partial charge in [0.15, 0.2) is 0 Å². The molecule has 0 spiro atoms. The van der Waals surface area contributed by atoms with E-state index in [2.05, 4.69) is 5.32 Å². The Balaban J connectivity index is 2.00. The van der Waals surface area contributed by atoms with Crippen molar-refractivity contribution in [2.45, 2.75) is 33.1 Å². The number of sulfonamides is 1. The van der Waals surface area contributed by atoms with Crippen LogP contribution in [0.1, 0.15) is 30.9 Å². The predicted octanol–water partition coefficient (Wildman–Crippen LogP) is 3.74. The van der Waals surface area contributed by atoms with Crippen LogP contribution in [-0.4, -0.2) is 27.1 Å². The fraction of sp³-hybridized carbons (Fsp3) is 0.350. The Hall–Kier alpha value is -2.34. The van der Waals surface area contributed by atoms with Crippen LogP contribution >= 0.6 is 0 Å². The molecule has 2 rings (SSSR count). The normalized spacial score (nSPS) is 11.2. The zero-order valence-electron chi connectivity index (χ0n) is 15.5. The average molecular weight is 375 g/mol. The largest absolute Gasteiger partial charge is 0.326 e. The average Bonchev–Trinajstić information content (AvgIpc) is 2.59. The highest BCUT2D eigenvalue weighted by molar-refractivity contribution is 7.92. The van der Waals surface area contributed by atoms with Gasteiger partial charge in [-0.05, 0) is 43.0 Å². The van der Waals surface area contributed by atoms with E-state index in [1.165, 1.54) is 10.6 Å². The number of aryl methyl sites for hydroxylation is 2. The maximum atomic E-state index is 12.2. The van der Waals surface area contributed by atoms with Crippen LogP contribution in [0.2, 0.25) is 0 Å². The van der Waals surface area contributed by atoms with Crippen molar-refractivity contribution in [3.8, 4) is 0 Å². The molecule has 0 aromatic heterocycles. The molecule has 0 radical (unpaired) electrons. The predicted molar refractivity (Wildman–Crippen MR) is 107 cm³/mol. The van der Waals surface area contributed by atoms with Gasteiger partial charge in [0.05, 0.1) is 11.9 Å². The number of hydrogen-bond acceptors (Lipinski definition) is 3. The van der Waals surface area contributed by atoms with Gasteiger partial charge >= 0.3 is 0 Å². The zero-order valence-corrected chi connectivity index (χ0v) is 16.3. The van der Waals surface area contributed by atoms with Crippen molar-refractivity contribution in [3.63, 3.8) is 0 Å². The topological polar surface area (TPSA) is 66.5 Å². The second kappa shape index (κ2) is 8.85. The number of nitrogens with zero attached hydrogens (tertiary/aromatic N) is 1. The van der Waals surface area contributed by atoms with Gasteiger partial charge in [0, 0.05) is 18.7 Å². The smallest absolute Gasteiger partial charge is 0.232 e. The summed E-state index contributed by atoms with van der Waals surface area (Å²) in [6.07, 6.45) is 2.74. The van der Waals surface area contributed by atoms with Gasteiger partial charge in [0.1, 0.15) is 0 Å². The number of carbonyl (C=O) groups excluding carboxylic acids is 1. The molecule has 0 bridgehead atoms. The Kier molecular flexibility index (Phi) is 6.80. The Morgan fingerprint density at radius 3 is 2.38 bits per heavy atom. The van der Waals surface area contributed by atoms with Crippen LogP contribution < -0.4 is 9.62 Å². The summed E-state index contributed by atoms with van der Waals surface area (Å²) < 4.78 is 25.7. The molecule has 0 heterocycles. The van der Waals surface area contributed by atoms with Gasteiger partial charge in [-0.15, -0.1) is 0 Å². The van der Waals surface area contributed by atoms with Gasteiger partial charge in [0.2, 0.25) is 15.9 Å². The van der Waals surface area contributed by atoms with Crippen molar-refractivity contribution in [1.82, 2.24) is 0 Å². The van der Waals surface area contributed by atoms with E-state index in [1.807, 2.05) is 56.3 Å². The minimum atomic E-state index is -3.41. The lowest BCUT2D eigenvalue weighted by Crippen LogP contribution is -2.32. The summed E-state index contributed by atoms with van der Waals surface area (Å²) in [4.78, 5) is 12.2. The molecule has 1 N–H and O–H groups in total. The van der Waals surface area contributed by atoms with Gasteiger partial charge in [-0.2, -0.15) is 0 Å². The lowest BCUT2D eigenvalue weighted by molar-refractivity contribution is -0.116. The van der Waals surface area contributed by atoms with Crippen molar-refractivity contribution < 1.29 is 13.2 Å². The van der Waals surface area contributed by atoms with E-state index < -0.39 is 10.0 Å². The number of benzene rings is 2. The monoisotopic (exact) mass is 374 g/mol. The number of hydrogen-bond donors (Lipinski definition) is 1. The SMILES string of the molecule is CCc1ccccc1NC(=O)CCCN(c1ccccc1C)S(C)(=O)=O. The Morgan fingerprint density at radius 2 is 1.73 bits per heavy atom. The van der Waals surface area contributed by atoms with E-state index in [0.29, 0.717) is 12.1 Å². The van der Waals surface area contributed by atoms with Crippen molar-refractivity contribution >= 4 is 27.3 Å². The molecule has 0 aliphatic heterocycles. The lowest BCUT2D eigenvalue weighted by atomic mass is 10.1. The molecule has 1 amide bonds. The first-order chi connectivity index (χ1) is 12.3. The Morgan fingerprint density at radius 1 is 1.08 bits per heavy atom. The second-order valence-electron chi connectivity index (χ2n) is 6.28. The minimum absolute atomic E-state index is 0.107. The van der Waals surface area contributed by atoms with Crippen LogP contribution in [0.4, 0.5) is 11.4 Å². The van der Waals surface area contributed by atoms with Gasteiger partial charge in [0.25, 0.3) is 0 Å². The van der Waals surface area contributed by atoms with Crippen LogP contribution in [0, 0.1) is 6.92 Å². The summed E-state index contributed by atoms with van der Waals surface area (Å²) in [5.74, 6) is -0.107. The summed E-state index contributed by atoms with van der Waals surface area (Å²) in [6.45, 7) is 4.19. The number of anilines is 2. The highest BCUT2D eigenvalue weighted by Crippen LogP contribution is 2.22. The molecule has 0 saturated carbocycles. The highest BCUT2D eigenvalue weighted by Gasteiger charge is 2.19. The standard InChI is InChI=1S/C20H26N2O3S/c1-4-17-11-6-7-12-18(17)21-20(23)14-9-15-22(26(3,24)25)19-13-8-5-10-16(19)2/h5-8,10-13H,4,9,14-15H2,1-3H3,(H,21,23). The first kappa shape index (κ1) is 20.0. The van der Waals surface area contributed by atoms with E-state index in [4.69, 9.17) is 0 Å². The summed E-state index contributed by atoms with van der Waals surface area (Å²) in [5, 5.41) is 2.92. The molecule has 26 heavy (non-hydrogen) atoms. The quantitative estimate of drug-likeness (QED) is 0.765. The molecule has 6 heteroatoms. The molecule has 5 nitrogen and oxygen atoms in total. The molecule has 0 saturated heterocycles. The summed E-state index contributed by atoms with van der Waals surface area (Å²) in [5.41, 5.74) is 3.45. The van der Waals surface area contributed by atoms with Crippen LogP contribution in [0.5, 0.6) is 0 Å². The fourth-order valence-corrected chi connectivity index (χ4v) is 3.88. The lowest BCUT2D eigenvalue weighted by Gasteiger charge is -2.24. The molecule has 0 fully saturated rings. The third kappa shape index (κ3) is 5.33. The molecule has 2 aromatic rings. The van der Waals surface area contributed by atoms with Gasteiger partial charge < -0.3 is 5.32 Å². The van der Waals surface area contributed by atoms with E-state index in [0.717, 1.165) is 23.2 Å². The number of nitrogens with one attached hydrogen (secondary N) is 1. The van der Waals surface area contributed by atoms with Gasteiger partial charge in [-0.1, -0.05) is 43.3 Å².